The molecule has 1 aromatic carbocycles. The van der Waals surface area contributed by atoms with E-state index in [0.29, 0.717) is 22.8 Å². The van der Waals surface area contributed by atoms with Gasteiger partial charge >= 0.3 is 5.97 Å². The molecule has 0 aliphatic rings. The second kappa shape index (κ2) is 5.38. The fourth-order valence-electron chi connectivity index (χ4n) is 1.13. The highest BCUT2D eigenvalue weighted by Crippen LogP contribution is 2.18. The summed E-state index contributed by atoms with van der Waals surface area (Å²) in [5.41, 5.74) is 1.15. The number of hydrogen-bond acceptors (Lipinski definition) is 3. The van der Waals surface area contributed by atoms with E-state index in [1.807, 2.05) is 6.07 Å². The zero-order chi connectivity index (χ0) is 11.3. The van der Waals surface area contributed by atoms with Crippen molar-refractivity contribution in [2.75, 3.05) is 6.61 Å². The lowest BCUT2D eigenvalue weighted by atomic mass is 10.1. The van der Waals surface area contributed by atoms with E-state index in [9.17, 15) is 4.79 Å². The molecule has 0 bridgehead atoms. The molecule has 0 atom stereocenters. The molecule has 0 aliphatic carbocycles. The smallest absolute Gasteiger partial charge is 0.310 e. The molecule has 3 nitrogen and oxygen atoms in total. The normalized spacial score (nSPS) is 9.40. The van der Waals surface area contributed by atoms with Gasteiger partial charge in [0.2, 0.25) is 0 Å². The number of nitrogens with zero attached hydrogens (tertiary/aromatic N) is 1. The van der Waals surface area contributed by atoms with Crippen molar-refractivity contribution in [2.24, 2.45) is 0 Å². The van der Waals surface area contributed by atoms with Crippen molar-refractivity contribution in [3.05, 3.63) is 34.3 Å². The van der Waals surface area contributed by atoms with Crippen molar-refractivity contribution < 1.29 is 9.53 Å². The first-order chi connectivity index (χ1) is 7.17. The van der Waals surface area contributed by atoms with Gasteiger partial charge in [-0.2, -0.15) is 5.26 Å². The minimum atomic E-state index is -0.316. The minimum absolute atomic E-state index is 0.137. The molecule has 0 heterocycles. The Morgan fingerprint density at radius 1 is 1.60 bits per heavy atom. The zero-order valence-electron chi connectivity index (χ0n) is 8.29. The van der Waals surface area contributed by atoms with Crippen LogP contribution in [0.25, 0.3) is 0 Å². The first-order valence-electron chi connectivity index (χ1n) is 4.51. The summed E-state index contributed by atoms with van der Waals surface area (Å²) in [6.45, 7) is 2.10. The van der Waals surface area contributed by atoms with Gasteiger partial charge in [0.15, 0.2) is 0 Å². The number of carbonyl (C=O) groups excluding carboxylic acids is 1. The number of hydrogen-bond donors (Lipinski definition) is 0. The Labute approximate surface area is 93.2 Å². The Morgan fingerprint density at radius 2 is 2.33 bits per heavy atom. The summed E-state index contributed by atoms with van der Waals surface area (Å²) in [6.07, 6.45) is 0.137. The Hall–Kier alpha value is -1.53. The monoisotopic (exact) mass is 223 g/mol. The maximum atomic E-state index is 11.2. The third-order valence-corrected chi connectivity index (χ3v) is 2.17. The Balaban J connectivity index is 2.79. The quantitative estimate of drug-likeness (QED) is 0.739. The second-order valence-corrected chi connectivity index (χ2v) is 3.31. The van der Waals surface area contributed by atoms with Gasteiger partial charge in [0.05, 0.1) is 24.7 Å². The van der Waals surface area contributed by atoms with Crippen LogP contribution < -0.4 is 0 Å². The largest absolute Gasteiger partial charge is 0.466 e. The van der Waals surface area contributed by atoms with Crippen LogP contribution in [0.2, 0.25) is 5.02 Å². The number of rotatable bonds is 3. The molecule has 0 amide bonds. The van der Waals surface area contributed by atoms with E-state index in [-0.39, 0.29) is 12.4 Å². The second-order valence-electron chi connectivity index (χ2n) is 2.90. The van der Waals surface area contributed by atoms with Gasteiger partial charge in [-0.15, -0.1) is 0 Å². The number of nitriles is 1. The fourth-order valence-corrected chi connectivity index (χ4v) is 1.38. The van der Waals surface area contributed by atoms with Gasteiger partial charge in [0.25, 0.3) is 0 Å². The number of halogens is 1. The van der Waals surface area contributed by atoms with Gasteiger partial charge in [-0.1, -0.05) is 17.7 Å². The lowest BCUT2D eigenvalue weighted by Gasteiger charge is -2.04. The molecular formula is C11H10ClNO2. The van der Waals surface area contributed by atoms with Crippen LogP contribution in [-0.2, 0) is 16.0 Å². The predicted molar refractivity (Wildman–Crippen MR) is 56.5 cm³/mol. The van der Waals surface area contributed by atoms with Crippen LogP contribution in [0.4, 0.5) is 0 Å². The van der Waals surface area contributed by atoms with Crippen molar-refractivity contribution in [2.45, 2.75) is 13.3 Å². The Bertz CT molecular complexity index is 410. The van der Waals surface area contributed by atoms with E-state index < -0.39 is 0 Å². The summed E-state index contributed by atoms with van der Waals surface area (Å²) in [7, 11) is 0. The van der Waals surface area contributed by atoms with Crippen LogP contribution >= 0.6 is 11.6 Å². The van der Waals surface area contributed by atoms with E-state index in [0.717, 1.165) is 0 Å². The summed E-state index contributed by atoms with van der Waals surface area (Å²) in [4.78, 5) is 11.2. The van der Waals surface area contributed by atoms with Gasteiger partial charge in [-0.05, 0) is 24.6 Å². The lowest BCUT2D eigenvalue weighted by Crippen LogP contribution is -2.07. The summed E-state index contributed by atoms with van der Waals surface area (Å²) in [5.74, 6) is -0.316. The maximum absolute atomic E-state index is 11.2. The molecule has 0 radical (unpaired) electrons. The summed E-state index contributed by atoms with van der Waals surface area (Å²) >= 11 is 5.89. The summed E-state index contributed by atoms with van der Waals surface area (Å²) < 4.78 is 4.79. The molecule has 0 aromatic heterocycles. The van der Waals surface area contributed by atoms with E-state index in [1.54, 1.807) is 19.1 Å². The Morgan fingerprint density at radius 3 is 2.87 bits per heavy atom. The van der Waals surface area contributed by atoms with Crippen LogP contribution in [-0.4, -0.2) is 12.6 Å². The minimum Gasteiger partial charge on any atom is -0.466 e. The average Bonchev–Trinajstić information content (AvgIpc) is 2.21. The SMILES string of the molecule is CCOC(=O)Cc1ccc(C#N)cc1Cl. The molecule has 1 aromatic rings. The van der Waals surface area contributed by atoms with E-state index in [2.05, 4.69) is 0 Å². The molecule has 0 aliphatic heterocycles. The highest BCUT2D eigenvalue weighted by molar-refractivity contribution is 6.31. The first kappa shape index (κ1) is 11.5. The van der Waals surface area contributed by atoms with Gasteiger partial charge in [-0.3, -0.25) is 4.79 Å². The van der Waals surface area contributed by atoms with Crippen LogP contribution in [0, 0.1) is 11.3 Å². The van der Waals surface area contributed by atoms with Crippen LogP contribution in [0.15, 0.2) is 18.2 Å². The highest BCUT2D eigenvalue weighted by Gasteiger charge is 2.08. The van der Waals surface area contributed by atoms with Gasteiger partial charge in [-0.25, -0.2) is 0 Å². The van der Waals surface area contributed by atoms with Gasteiger partial charge in [0, 0.05) is 5.02 Å². The lowest BCUT2D eigenvalue weighted by molar-refractivity contribution is -0.142. The van der Waals surface area contributed by atoms with Gasteiger partial charge in [0.1, 0.15) is 0 Å². The van der Waals surface area contributed by atoms with Crippen molar-refractivity contribution in [1.82, 2.24) is 0 Å². The number of ether oxygens (including phenoxy) is 1. The van der Waals surface area contributed by atoms with Crippen LogP contribution in [0.5, 0.6) is 0 Å². The van der Waals surface area contributed by atoms with Crippen LogP contribution in [0.1, 0.15) is 18.1 Å². The predicted octanol–water partition coefficient (Wildman–Crippen LogP) is 2.32. The van der Waals surface area contributed by atoms with Crippen molar-refractivity contribution in [3.63, 3.8) is 0 Å². The standard InChI is InChI=1S/C11H10ClNO2/c1-2-15-11(14)6-9-4-3-8(7-13)5-10(9)12/h3-5H,2,6H2,1H3. The molecular weight excluding hydrogens is 214 g/mol. The van der Waals surface area contributed by atoms with Crippen molar-refractivity contribution in [1.29, 1.82) is 5.26 Å². The molecule has 0 saturated heterocycles. The molecule has 15 heavy (non-hydrogen) atoms. The summed E-state index contributed by atoms with van der Waals surface area (Å²) in [6, 6.07) is 6.80. The summed E-state index contributed by atoms with van der Waals surface area (Å²) in [5, 5.41) is 9.04. The maximum Gasteiger partial charge on any atom is 0.310 e. The molecule has 0 fully saturated rings. The Kier molecular flexibility index (Phi) is 4.14. The highest BCUT2D eigenvalue weighted by atomic mass is 35.5. The number of esters is 1. The molecule has 4 heteroatoms. The molecule has 78 valence electrons. The van der Waals surface area contributed by atoms with E-state index in [4.69, 9.17) is 21.6 Å². The fraction of sp³-hybridized carbons (Fsp3) is 0.273. The molecule has 0 spiro atoms. The number of carbonyl (C=O) groups is 1. The molecule has 0 unspecified atom stereocenters. The molecule has 0 saturated carbocycles. The molecule has 1 rings (SSSR count). The first-order valence-corrected chi connectivity index (χ1v) is 4.89. The molecule has 0 N–H and O–H groups in total. The topological polar surface area (TPSA) is 50.1 Å². The third kappa shape index (κ3) is 3.26. The number of benzene rings is 1. The average molecular weight is 224 g/mol. The van der Waals surface area contributed by atoms with Crippen molar-refractivity contribution in [3.8, 4) is 6.07 Å². The van der Waals surface area contributed by atoms with E-state index >= 15 is 0 Å². The van der Waals surface area contributed by atoms with Gasteiger partial charge < -0.3 is 4.74 Å². The van der Waals surface area contributed by atoms with E-state index in [1.165, 1.54) is 6.07 Å². The van der Waals surface area contributed by atoms with Crippen LogP contribution in [0.3, 0.4) is 0 Å². The van der Waals surface area contributed by atoms with Crippen molar-refractivity contribution >= 4 is 17.6 Å². The zero-order valence-corrected chi connectivity index (χ0v) is 9.04. The third-order valence-electron chi connectivity index (χ3n) is 1.82.